The van der Waals surface area contributed by atoms with E-state index in [1.807, 2.05) is 59.0 Å². The number of carboxylic acid groups (broad SMARTS) is 1. The highest BCUT2D eigenvalue weighted by Gasteiger charge is 2.59. The van der Waals surface area contributed by atoms with Crippen LogP contribution in [0.25, 0.3) is 21.3 Å². The molecule has 3 aromatic carbocycles. The first-order chi connectivity index (χ1) is 46.9. The summed E-state index contributed by atoms with van der Waals surface area (Å²) < 4.78 is 49.8. The zero-order valence-electron chi connectivity index (χ0n) is 57.4. The molecule has 528 valence electrons. The number of carboxylic acids is 1. The van der Waals surface area contributed by atoms with Crippen LogP contribution in [0.5, 0.6) is 0 Å². The molecule has 4 unspecified atom stereocenters. The van der Waals surface area contributed by atoms with E-state index in [9.17, 15) is 56.4 Å². The Morgan fingerprint density at radius 3 is 2.26 bits per heavy atom. The number of hydrogen-bond donors (Lipinski definition) is 6. The standard InChI is InChI=1S/C72H89N11O14S2/c1-9-71(44-83-47(5)53(36-73-83)51-25-26-57(77-62(51)66(90)91)81-31-29-49-16-15-17-52(54(49)37-81)64(88)79-67-76-55-18-12-13-19-56(55)98-67)41-70(8)39-69(6,7)40-72(42-70,43-71)97-34-32-80(33-35-99(93,94)95)68(92)96-38-48-21-23-50(24-22-48)75-63(87)46(4)74-65(89)61(45(2)3)78-58(84)20-11-10-14-30-82-59(85)27-28-60(82)86/h12-13,15-19,21-28,36,45-46,61H,9-11,14,20,29-35,37-44H2,1-8H3,(H,74,89)(H,75,87)(H,78,84)(H,90,91)(H,76,79,88)(H,93,94,95)/t46-,61?,70?,71?,72?/m0/s1. The van der Waals surface area contributed by atoms with Crippen molar-refractivity contribution < 1.29 is 65.9 Å². The van der Waals surface area contributed by atoms with E-state index in [0.717, 1.165) is 57.6 Å². The topological polar surface area (TPSA) is 331 Å². The van der Waals surface area contributed by atoms with E-state index in [-0.39, 0.29) is 90.8 Å². The number of benzene rings is 3. The van der Waals surface area contributed by atoms with Gasteiger partial charge in [0.2, 0.25) is 17.7 Å². The van der Waals surface area contributed by atoms with Gasteiger partial charge in [0.25, 0.3) is 27.8 Å². The Hall–Kier alpha value is -8.92. The summed E-state index contributed by atoms with van der Waals surface area (Å²) in [7, 11) is -4.50. The Morgan fingerprint density at radius 1 is 0.808 bits per heavy atom. The molecule has 0 spiro atoms. The zero-order chi connectivity index (χ0) is 71.2. The lowest BCUT2D eigenvalue weighted by molar-refractivity contribution is -0.198. The first-order valence-corrected chi connectivity index (χ1v) is 36.2. The van der Waals surface area contributed by atoms with Crippen molar-refractivity contribution in [1.29, 1.82) is 0 Å². The summed E-state index contributed by atoms with van der Waals surface area (Å²) in [6.07, 6.45) is 10.3. The van der Waals surface area contributed by atoms with Crippen molar-refractivity contribution in [2.45, 2.75) is 163 Å². The second-order valence-electron chi connectivity index (χ2n) is 28.5. The molecule has 10 rings (SSSR count). The second-order valence-corrected chi connectivity index (χ2v) is 31.1. The van der Waals surface area contributed by atoms with Crippen LogP contribution >= 0.6 is 11.3 Å². The van der Waals surface area contributed by atoms with Crippen LogP contribution in [-0.2, 0) is 69.7 Å². The number of para-hydroxylation sites is 1. The maximum absolute atomic E-state index is 13.9. The molecule has 7 amide bonds. The van der Waals surface area contributed by atoms with Crippen LogP contribution in [0.4, 0.5) is 21.4 Å². The number of pyridine rings is 1. The molecule has 27 heteroatoms. The van der Waals surface area contributed by atoms with Gasteiger partial charge in [0.1, 0.15) is 24.5 Å². The quantitative estimate of drug-likeness (QED) is 0.0144. The number of carbonyl (C=O) groups excluding carboxylic acids is 7. The molecule has 25 nitrogen and oxygen atoms in total. The van der Waals surface area contributed by atoms with Gasteiger partial charge in [-0.3, -0.25) is 48.2 Å². The zero-order valence-corrected chi connectivity index (χ0v) is 59.0. The highest BCUT2D eigenvalue weighted by Crippen LogP contribution is 2.64. The van der Waals surface area contributed by atoms with Gasteiger partial charge in [-0.1, -0.05) is 95.7 Å². The van der Waals surface area contributed by atoms with E-state index in [2.05, 4.69) is 53.9 Å². The van der Waals surface area contributed by atoms with Gasteiger partial charge in [-0.15, -0.1) is 0 Å². The fourth-order valence-electron chi connectivity index (χ4n) is 15.4. The smallest absolute Gasteiger partial charge is 0.410 e. The molecule has 99 heavy (non-hydrogen) atoms. The number of imide groups is 1. The number of nitrogens with zero attached hydrogens (tertiary/aromatic N) is 7. The molecule has 2 fully saturated rings. The summed E-state index contributed by atoms with van der Waals surface area (Å²) >= 11 is 1.40. The number of unbranched alkanes of at least 4 members (excludes halogenated alkanes) is 2. The SMILES string of the molecule is CCC1(Cn2ncc(-c3ccc(N4CCc5cccc(C(=O)Nc6nc7ccccc7s6)c5C4)nc3C(=O)O)c2C)CC2(C)CC(C)(C)CC(OCCN(CCS(=O)(=O)O)C(=O)OCc3ccc(NC(=O)[C@H](C)NC(=O)C(NC(=O)CCCCCN4C(=O)C=CC4=O)C(C)C)cc3)(C2)C1. The maximum atomic E-state index is 13.9. The van der Waals surface area contributed by atoms with Crippen LogP contribution in [0.15, 0.2) is 97.2 Å². The highest BCUT2D eigenvalue weighted by atomic mass is 32.2. The number of hydrogen-bond acceptors (Lipinski definition) is 17. The van der Waals surface area contributed by atoms with Gasteiger partial charge >= 0.3 is 12.1 Å². The van der Waals surface area contributed by atoms with Gasteiger partial charge in [0.05, 0.1) is 34.4 Å². The largest absolute Gasteiger partial charge is 0.476 e. The number of thiazole rings is 1. The Balaban J connectivity index is 0.744. The number of fused-ring (bicyclic) bond motifs is 4. The molecule has 2 saturated carbocycles. The van der Waals surface area contributed by atoms with Gasteiger partial charge in [0.15, 0.2) is 10.8 Å². The number of ether oxygens (including phenoxy) is 2. The first-order valence-electron chi connectivity index (χ1n) is 33.8. The van der Waals surface area contributed by atoms with E-state index in [0.29, 0.717) is 97.0 Å². The van der Waals surface area contributed by atoms with Crippen molar-refractivity contribution in [3.05, 3.63) is 131 Å². The fraction of sp³-hybridized carbons (Fsp3) is 0.486. The second kappa shape index (κ2) is 30.3. The van der Waals surface area contributed by atoms with E-state index in [1.54, 1.807) is 56.4 Å². The predicted molar refractivity (Wildman–Crippen MR) is 374 cm³/mol. The van der Waals surface area contributed by atoms with Gasteiger partial charge in [-0.2, -0.15) is 13.5 Å². The summed E-state index contributed by atoms with van der Waals surface area (Å²) in [6, 6.07) is 21.5. The molecular formula is C72H89N11O14S2. The number of aromatic carboxylic acids is 1. The van der Waals surface area contributed by atoms with Gasteiger partial charge in [-0.05, 0) is 153 Å². The average molecular weight is 1400 g/mol. The Bertz CT molecular complexity index is 4150. The number of carbonyl (C=O) groups is 8. The predicted octanol–water partition coefficient (Wildman–Crippen LogP) is 10.1. The molecular weight excluding hydrogens is 1310 g/mol. The number of aromatic nitrogens is 4. The number of amides is 7. The molecule has 4 aliphatic rings. The molecule has 2 bridgehead atoms. The Morgan fingerprint density at radius 2 is 1.56 bits per heavy atom. The third kappa shape index (κ3) is 17.9. The number of rotatable bonds is 29. The van der Waals surface area contributed by atoms with Gasteiger partial charge in [0, 0.05) is 85.9 Å². The minimum absolute atomic E-state index is 0.0264. The third-order valence-electron chi connectivity index (χ3n) is 19.5. The summed E-state index contributed by atoms with van der Waals surface area (Å²) in [6.45, 7) is 16.9. The molecule has 2 aliphatic heterocycles. The van der Waals surface area contributed by atoms with E-state index >= 15 is 0 Å². The lowest BCUT2D eigenvalue weighted by Crippen LogP contribution is -2.58. The first kappa shape index (κ1) is 72.8. The summed E-state index contributed by atoms with van der Waals surface area (Å²) in [5, 5.41) is 27.4. The average Bonchev–Trinajstić information content (AvgIpc) is 1.03. The third-order valence-corrected chi connectivity index (χ3v) is 21.1. The minimum Gasteiger partial charge on any atom is -0.476 e. The maximum Gasteiger partial charge on any atom is 0.410 e. The highest BCUT2D eigenvalue weighted by molar-refractivity contribution is 7.85. The molecule has 2 aliphatic carbocycles. The molecule has 5 heterocycles. The van der Waals surface area contributed by atoms with Gasteiger partial charge < -0.3 is 40.3 Å². The molecule has 0 radical (unpaired) electrons. The van der Waals surface area contributed by atoms with Crippen molar-refractivity contribution >= 4 is 95.8 Å². The van der Waals surface area contributed by atoms with Gasteiger partial charge in [-0.25, -0.2) is 19.6 Å². The Kier molecular flexibility index (Phi) is 22.3. The van der Waals surface area contributed by atoms with Crippen LogP contribution in [0.2, 0.25) is 0 Å². The molecule has 0 saturated heterocycles. The van der Waals surface area contributed by atoms with Crippen molar-refractivity contribution in [3.63, 3.8) is 0 Å². The number of anilines is 3. The van der Waals surface area contributed by atoms with Crippen LogP contribution in [0.3, 0.4) is 0 Å². The van der Waals surface area contributed by atoms with Crippen LogP contribution in [-0.4, -0.2) is 151 Å². The van der Waals surface area contributed by atoms with E-state index in [1.165, 1.54) is 35.3 Å². The summed E-state index contributed by atoms with van der Waals surface area (Å²) in [5.41, 5.74) is 4.48. The van der Waals surface area contributed by atoms with Crippen molar-refractivity contribution in [2.75, 3.05) is 54.1 Å². The normalized spacial score (nSPS) is 20.1. The van der Waals surface area contributed by atoms with Crippen molar-refractivity contribution in [2.24, 2.45) is 22.2 Å². The molecule has 3 aromatic heterocycles. The molecule has 5 atom stereocenters. The summed E-state index contributed by atoms with van der Waals surface area (Å²) in [4.78, 5) is 118. The van der Waals surface area contributed by atoms with E-state index in [4.69, 9.17) is 19.6 Å². The van der Waals surface area contributed by atoms with Crippen molar-refractivity contribution in [3.8, 4) is 11.1 Å². The lowest BCUT2D eigenvalue weighted by Gasteiger charge is -2.62. The van der Waals surface area contributed by atoms with Crippen LogP contribution < -0.4 is 26.2 Å². The van der Waals surface area contributed by atoms with Crippen LogP contribution in [0, 0.1) is 29.1 Å². The summed E-state index contributed by atoms with van der Waals surface area (Å²) in [5.74, 6) is -4.20. The fourth-order valence-corrected chi connectivity index (χ4v) is 16.7. The molecule has 6 N–H and O–H groups in total. The van der Waals surface area contributed by atoms with Crippen LogP contribution in [0.1, 0.15) is 156 Å². The molecule has 6 aromatic rings. The Labute approximate surface area is 580 Å². The monoisotopic (exact) mass is 1400 g/mol. The number of nitrogens with one attached hydrogen (secondary N) is 4. The van der Waals surface area contributed by atoms with E-state index < -0.39 is 57.4 Å². The minimum atomic E-state index is -4.50. The van der Waals surface area contributed by atoms with Crippen molar-refractivity contribution in [1.82, 2.24) is 40.2 Å². The lowest BCUT2D eigenvalue weighted by atomic mass is 9.47.